The van der Waals surface area contributed by atoms with Crippen LogP contribution < -0.4 is 10.1 Å². The molecule has 1 aromatic carbocycles. The Morgan fingerprint density at radius 2 is 2.32 bits per heavy atom. The van der Waals surface area contributed by atoms with Crippen molar-refractivity contribution in [1.29, 1.82) is 0 Å². The van der Waals surface area contributed by atoms with Gasteiger partial charge in [-0.15, -0.1) is 0 Å². The molecule has 0 bridgehead atoms. The zero-order chi connectivity index (χ0) is 13.7. The van der Waals surface area contributed by atoms with Gasteiger partial charge in [0.05, 0.1) is 11.6 Å². The van der Waals surface area contributed by atoms with E-state index in [0.29, 0.717) is 35.0 Å². The summed E-state index contributed by atoms with van der Waals surface area (Å²) in [6, 6.07) is 5.31. The van der Waals surface area contributed by atoms with Crippen LogP contribution in [0.4, 0.5) is 0 Å². The SMILES string of the molecule is OC(CNC1CCOC1)COc1cc(Cl)ccc1Cl. The van der Waals surface area contributed by atoms with Crippen molar-refractivity contribution in [2.45, 2.75) is 18.6 Å². The number of rotatable bonds is 6. The molecule has 0 saturated carbocycles. The van der Waals surface area contributed by atoms with Crippen LogP contribution in [-0.2, 0) is 4.74 Å². The van der Waals surface area contributed by atoms with Crippen molar-refractivity contribution < 1.29 is 14.6 Å². The molecular weight excluding hydrogens is 289 g/mol. The number of aliphatic hydroxyl groups excluding tert-OH is 1. The molecule has 1 aliphatic rings. The highest BCUT2D eigenvalue weighted by atomic mass is 35.5. The highest BCUT2D eigenvalue weighted by Crippen LogP contribution is 2.27. The van der Waals surface area contributed by atoms with E-state index in [1.165, 1.54) is 0 Å². The van der Waals surface area contributed by atoms with Gasteiger partial charge in [-0.2, -0.15) is 0 Å². The molecule has 0 spiro atoms. The maximum atomic E-state index is 9.83. The third-order valence-electron chi connectivity index (χ3n) is 2.90. The van der Waals surface area contributed by atoms with E-state index in [1.807, 2.05) is 0 Å². The number of nitrogens with one attached hydrogen (secondary N) is 1. The Bertz CT molecular complexity index is 411. The Labute approximate surface area is 122 Å². The van der Waals surface area contributed by atoms with E-state index < -0.39 is 6.10 Å². The number of hydrogen-bond donors (Lipinski definition) is 2. The van der Waals surface area contributed by atoms with Crippen LogP contribution in [0.15, 0.2) is 18.2 Å². The Kier molecular flexibility index (Phi) is 5.73. The minimum absolute atomic E-state index is 0.167. The standard InChI is InChI=1S/C13H17Cl2NO3/c14-9-1-2-12(15)13(5-9)19-8-11(17)6-16-10-3-4-18-7-10/h1-2,5,10-11,16-17H,3-4,6-8H2. The van der Waals surface area contributed by atoms with Gasteiger partial charge in [-0.05, 0) is 18.6 Å². The van der Waals surface area contributed by atoms with Crippen LogP contribution in [0, 0.1) is 0 Å². The van der Waals surface area contributed by atoms with Gasteiger partial charge in [-0.3, -0.25) is 0 Å². The normalized spacial score (nSPS) is 20.5. The Morgan fingerprint density at radius 1 is 1.47 bits per heavy atom. The van der Waals surface area contributed by atoms with Gasteiger partial charge in [-0.1, -0.05) is 23.2 Å². The van der Waals surface area contributed by atoms with Gasteiger partial charge in [0.1, 0.15) is 18.5 Å². The van der Waals surface area contributed by atoms with E-state index in [0.717, 1.165) is 13.0 Å². The molecule has 2 unspecified atom stereocenters. The number of halogens is 2. The second-order valence-electron chi connectivity index (χ2n) is 4.51. The lowest BCUT2D eigenvalue weighted by molar-refractivity contribution is 0.102. The fourth-order valence-electron chi connectivity index (χ4n) is 1.83. The van der Waals surface area contributed by atoms with Crippen molar-refractivity contribution in [2.75, 3.05) is 26.4 Å². The van der Waals surface area contributed by atoms with Crippen LogP contribution >= 0.6 is 23.2 Å². The van der Waals surface area contributed by atoms with E-state index in [-0.39, 0.29) is 6.61 Å². The molecule has 6 heteroatoms. The second kappa shape index (κ2) is 7.31. The number of aliphatic hydroxyl groups is 1. The summed E-state index contributed by atoms with van der Waals surface area (Å²) in [6.45, 7) is 2.11. The predicted molar refractivity (Wildman–Crippen MR) is 75.2 cm³/mol. The lowest BCUT2D eigenvalue weighted by atomic mass is 10.2. The Hall–Kier alpha value is -0.520. The molecule has 106 valence electrons. The van der Waals surface area contributed by atoms with Gasteiger partial charge in [0, 0.05) is 30.3 Å². The van der Waals surface area contributed by atoms with E-state index in [2.05, 4.69) is 5.32 Å². The molecule has 0 aromatic heterocycles. The fraction of sp³-hybridized carbons (Fsp3) is 0.538. The summed E-state index contributed by atoms with van der Waals surface area (Å²) in [5.41, 5.74) is 0. The van der Waals surface area contributed by atoms with Crippen molar-refractivity contribution in [3.05, 3.63) is 28.2 Å². The monoisotopic (exact) mass is 305 g/mol. The quantitative estimate of drug-likeness (QED) is 0.845. The predicted octanol–water partition coefficient (Wildman–Crippen LogP) is 2.11. The molecule has 2 N–H and O–H groups in total. The van der Waals surface area contributed by atoms with Crippen LogP contribution in [0.5, 0.6) is 5.75 Å². The van der Waals surface area contributed by atoms with Gasteiger partial charge < -0.3 is 19.9 Å². The maximum Gasteiger partial charge on any atom is 0.139 e. The van der Waals surface area contributed by atoms with Gasteiger partial charge in [0.15, 0.2) is 0 Å². The first-order valence-corrected chi connectivity index (χ1v) is 6.98. The van der Waals surface area contributed by atoms with Crippen LogP contribution in [0.25, 0.3) is 0 Å². The molecule has 0 amide bonds. The minimum atomic E-state index is -0.601. The third-order valence-corrected chi connectivity index (χ3v) is 3.44. The number of ether oxygens (including phenoxy) is 2. The maximum absolute atomic E-state index is 9.83. The van der Waals surface area contributed by atoms with Crippen LogP contribution in [-0.4, -0.2) is 43.6 Å². The van der Waals surface area contributed by atoms with Crippen LogP contribution in [0.2, 0.25) is 10.0 Å². The van der Waals surface area contributed by atoms with E-state index in [9.17, 15) is 5.11 Å². The summed E-state index contributed by atoms with van der Waals surface area (Å²) in [5, 5.41) is 14.1. The highest BCUT2D eigenvalue weighted by molar-refractivity contribution is 6.34. The Balaban J connectivity index is 1.73. The topological polar surface area (TPSA) is 50.7 Å². The number of hydrogen-bond acceptors (Lipinski definition) is 4. The minimum Gasteiger partial charge on any atom is -0.489 e. The Morgan fingerprint density at radius 3 is 3.05 bits per heavy atom. The van der Waals surface area contributed by atoms with Gasteiger partial charge in [-0.25, -0.2) is 0 Å². The summed E-state index contributed by atoms with van der Waals surface area (Å²) < 4.78 is 10.7. The second-order valence-corrected chi connectivity index (χ2v) is 5.35. The van der Waals surface area contributed by atoms with Gasteiger partial charge in [0.25, 0.3) is 0 Å². The van der Waals surface area contributed by atoms with Crippen molar-refractivity contribution in [3.8, 4) is 5.75 Å². The molecular formula is C13H17Cl2NO3. The lowest BCUT2D eigenvalue weighted by Crippen LogP contribution is -2.38. The average Bonchev–Trinajstić information content (AvgIpc) is 2.90. The molecule has 2 atom stereocenters. The fourth-order valence-corrected chi connectivity index (χ4v) is 2.17. The molecule has 1 saturated heterocycles. The summed E-state index contributed by atoms with van der Waals surface area (Å²) in [6.07, 6.45) is 0.379. The molecule has 2 rings (SSSR count). The van der Waals surface area contributed by atoms with E-state index in [1.54, 1.807) is 18.2 Å². The van der Waals surface area contributed by atoms with Crippen molar-refractivity contribution in [3.63, 3.8) is 0 Å². The van der Waals surface area contributed by atoms with Crippen LogP contribution in [0.3, 0.4) is 0 Å². The smallest absolute Gasteiger partial charge is 0.139 e. The zero-order valence-electron chi connectivity index (χ0n) is 10.4. The lowest BCUT2D eigenvalue weighted by Gasteiger charge is -2.16. The van der Waals surface area contributed by atoms with Crippen molar-refractivity contribution in [1.82, 2.24) is 5.32 Å². The zero-order valence-corrected chi connectivity index (χ0v) is 12.0. The summed E-state index contributed by atoms with van der Waals surface area (Å²) in [7, 11) is 0. The van der Waals surface area contributed by atoms with Gasteiger partial charge >= 0.3 is 0 Å². The van der Waals surface area contributed by atoms with Crippen LogP contribution in [0.1, 0.15) is 6.42 Å². The van der Waals surface area contributed by atoms with E-state index >= 15 is 0 Å². The first kappa shape index (κ1) is 14.9. The molecule has 1 aromatic rings. The summed E-state index contributed by atoms with van der Waals surface area (Å²) in [5.74, 6) is 0.484. The molecule has 1 fully saturated rings. The van der Waals surface area contributed by atoms with E-state index in [4.69, 9.17) is 32.7 Å². The highest BCUT2D eigenvalue weighted by Gasteiger charge is 2.16. The molecule has 1 aliphatic heterocycles. The molecule has 19 heavy (non-hydrogen) atoms. The summed E-state index contributed by atoms with van der Waals surface area (Å²) >= 11 is 11.8. The van der Waals surface area contributed by atoms with Crippen molar-refractivity contribution in [2.24, 2.45) is 0 Å². The van der Waals surface area contributed by atoms with Crippen molar-refractivity contribution >= 4 is 23.2 Å². The first-order chi connectivity index (χ1) is 9.15. The molecule has 0 radical (unpaired) electrons. The summed E-state index contributed by atoms with van der Waals surface area (Å²) in [4.78, 5) is 0. The molecule has 1 heterocycles. The third kappa shape index (κ3) is 4.82. The molecule has 0 aliphatic carbocycles. The average molecular weight is 306 g/mol. The van der Waals surface area contributed by atoms with Gasteiger partial charge in [0.2, 0.25) is 0 Å². The number of benzene rings is 1. The first-order valence-electron chi connectivity index (χ1n) is 6.22. The molecule has 4 nitrogen and oxygen atoms in total. The largest absolute Gasteiger partial charge is 0.489 e.